The normalized spacial score (nSPS) is 15.8. The molecule has 5 unspecified atom stereocenters. The molecule has 11 nitrogen and oxygen atoms in total. The Bertz CT molecular complexity index is 654. The Morgan fingerprint density at radius 1 is 0.871 bits per heavy atom. The van der Waals surface area contributed by atoms with Gasteiger partial charge in [-0.1, -0.05) is 34.1 Å². The second kappa shape index (κ2) is 13.6. The van der Waals surface area contributed by atoms with Crippen LogP contribution < -0.4 is 27.4 Å². The summed E-state index contributed by atoms with van der Waals surface area (Å²) in [6.07, 6.45) is 0.668. The number of nitrogens with one attached hydrogen (secondary N) is 3. The van der Waals surface area contributed by atoms with Crippen molar-refractivity contribution >= 4 is 29.6 Å². The Morgan fingerprint density at radius 3 is 1.84 bits per heavy atom. The number of hydrogen-bond acceptors (Lipinski definition) is 6. The first kappa shape index (κ1) is 28.3. The molecule has 8 N–H and O–H groups in total. The van der Waals surface area contributed by atoms with E-state index in [9.17, 15) is 24.0 Å². The molecule has 31 heavy (non-hydrogen) atoms. The lowest BCUT2D eigenvalue weighted by atomic mass is 9.97. The van der Waals surface area contributed by atoms with E-state index in [1.807, 2.05) is 27.7 Å². The maximum atomic E-state index is 12.9. The van der Waals surface area contributed by atoms with Gasteiger partial charge in [0.15, 0.2) is 0 Å². The standard InChI is InChI=1S/C20H37N5O6/c1-6-11(4)16(22)19(29)25-14(9-10(2)3)18(28)24-13(7-8-15(21)26)17(27)23-12(5)20(30)31/h10-14,16H,6-9,22H2,1-5H3,(H2,21,26)(H,23,27)(H,24,28)(H,25,29)(H,30,31). The number of rotatable bonds is 14. The molecule has 0 rings (SSSR count). The van der Waals surface area contributed by atoms with E-state index in [2.05, 4.69) is 16.0 Å². The zero-order valence-corrected chi connectivity index (χ0v) is 18.9. The molecule has 178 valence electrons. The van der Waals surface area contributed by atoms with Gasteiger partial charge in [0.25, 0.3) is 0 Å². The molecule has 4 amide bonds. The van der Waals surface area contributed by atoms with Gasteiger partial charge < -0.3 is 32.5 Å². The van der Waals surface area contributed by atoms with Gasteiger partial charge in [-0.3, -0.25) is 24.0 Å². The van der Waals surface area contributed by atoms with Crippen molar-refractivity contribution in [2.24, 2.45) is 23.3 Å². The minimum atomic E-state index is -1.25. The van der Waals surface area contributed by atoms with Gasteiger partial charge in [0, 0.05) is 6.42 Å². The lowest BCUT2D eigenvalue weighted by Crippen LogP contribution is -2.57. The number of hydrogen-bond donors (Lipinski definition) is 6. The summed E-state index contributed by atoms with van der Waals surface area (Å²) >= 11 is 0. The lowest BCUT2D eigenvalue weighted by Gasteiger charge is -2.26. The van der Waals surface area contributed by atoms with Crippen molar-refractivity contribution < 1.29 is 29.1 Å². The molecule has 0 aliphatic heterocycles. The van der Waals surface area contributed by atoms with Crippen molar-refractivity contribution in [3.05, 3.63) is 0 Å². The van der Waals surface area contributed by atoms with Crippen LogP contribution in [0.2, 0.25) is 0 Å². The Labute approximate surface area is 183 Å². The maximum Gasteiger partial charge on any atom is 0.325 e. The van der Waals surface area contributed by atoms with Crippen LogP contribution in [0.4, 0.5) is 0 Å². The van der Waals surface area contributed by atoms with E-state index in [4.69, 9.17) is 16.6 Å². The summed E-state index contributed by atoms with van der Waals surface area (Å²) in [6, 6.07) is -4.14. The quantitative estimate of drug-likeness (QED) is 0.203. The van der Waals surface area contributed by atoms with E-state index < -0.39 is 53.8 Å². The van der Waals surface area contributed by atoms with Crippen LogP contribution in [0.3, 0.4) is 0 Å². The van der Waals surface area contributed by atoms with Crippen molar-refractivity contribution in [1.29, 1.82) is 0 Å². The summed E-state index contributed by atoms with van der Waals surface area (Å²) in [7, 11) is 0. The van der Waals surface area contributed by atoms with Gasteiger partial charge in [-0.15, -0.1) is 0 Å². The van der Waals surface area contributed by atoms with Crippen LogP contribution in [0.15, 0.2) is 0 Å². The fourth-order valence-corrected chi connectivity index (χ4v) is 2.69. The highest BCUT2D eigenvalue weighted by molar-refractivity contribution is 5.94. The number of nitrogens with two attached hydrogens (primary N) is 2. The first-order valence-electron chi connectivity index (χ1n) is 10.5. The number of aliphatic carboxylic acids is 1. The minimum absolute atomic E-state index is 0.0424. The Hall–Kier alpha value is -2.69. The molecule has 0 heterocycles. The molecule has 0 aromatic rings. The summed E-state index contributed by atoms with van der Waals surface area (Å²) in [5, 5.41) is 16.4. The fraction of sp³-hybridized carbons (Fsp3) is 0.750. The molecule has 0 aromatic heterocycles. The van der Waals surface area contributed by atoms with Gasteiger partial charge in [0.05, 0.1) is 6.04 Å². The van der Waals surface area contributed by atoms with E-state index in [1.165, 1.54) is 6.92 Å². The molecular formula is C20H37N5O6. The van der Waals surface area contributed by atoms with Crippen molar-refractivity contribution in [3.63, 3.8) is 0 Å². The number of primary amides is 1. The molecule has 0 saturated heterocycles. The smallest absolute Gasteiger partial charge is 0.325 e. The van der Waals surface area contributed by atoms with Crippen LogP contribution in [0.1, 0.15) is 60.3 Å². The van der Waals surface area contributed by atoms with Gasteiger partial charge in [0.2, 0.25) is 23.6 Å². The molecule has 0 aromatic carbocycles. The highest BCUT2D eigenvalue weighted by Crippen LogP contribution is 2.10. The molecule has 0 fully saturated rings. The molecule has 0 aliphatic rings. The summed E-state index contributed by atoms with van der Waals surface area (Å²) in [6.45, 7) is 8.73. The van der Waals surface area contributed by atoms with Crippen LogP contribution in [-0.2, 0) is 24.0 Å². The molecule has 0 spiro atoms. The van der Waals surface area contributed by atoms with Gasteiger partial charge >= 0.3 is 5.97 Å². The predicted molar refractivity (Wildman–Crippen MR) is 114 cm³/mol. The van der Waals surface area contributed by atoms with E-state index >= 15 is 0 Å². The van der Waals surface area contributed by atoms with Crippen LogP contribution in [0, 0.1) is 11.8 Å². The number of carboxylic acid groups (broad SMARTS) is 1. The number of amides is 4. The van der Waals surface area contributed by atoms with Gasteiger partial charge in [-0.25, -0.2) is 0 Å². The van der Waals surface area contributed by atoms with Crippen LogP contribution in [0.5, 0.6) is 0 Å². The second-order valence-electron chi connectivity index (χ2n) is 8.24. The third-order valence-corrected chi connectivity index (χ3v) is 4.94. The fourth-order valence-electron chi connectivity index (χ4n) is 2.69. The second-order valence-corrected chi connectivity index (χ2v) is 8.24. The lowest BCUT2D eigenvalue weighted by molar-refractivity contribution is -0.142. The third-order valence-electron chi connectivity index (χ3n) is 4.94. The zero-order valence-electron chi connectivity index (χ0n) is 18.9. The molecular weight excluding hydrogens is 406 g/mol. The summed E-state index contributed by atoms with van der Waals surface area (Å²) < 4.78 is 0. The van der Waals surface area contributed by atoms with Crippen LogP contribution in [0.25, 0.3) is 0 Å². The van der Waals surface area contributed by atoms with Crippen LogP contribution >= 0.6 is 0 Å². The van der Waals surface area contributed by atoms with E-state index in [0.717, 1.165) is 0 Å². The minimum Gasteiger partial charge on any atom is -0.480 e. The molecule has 5 atom stereocenters. The Morgan fingerprint density at radius 2 is 1.39 bits per heavy atom. The zero-order chi connectivity index (χ0) is 24.3. The SMILES string of the molecule is CCC(C)C(N)C(=O)NC(CC(C)C)C(=O)NC(CCC(N)=O)C(=O)NC(C)C(=O)O. The van der Waals surface area contributed by atoms with Crippen molar-refractivity contribution in [2.75, 3.05) is 0 Å². The Kier molecular flexibility index (Phi) is 12.4. The molecule has 0 aliphatic carbocycles. The number of carboxylic acids is 1. The predicted octanol–water partition coefficient (Wildman–Crippen LogP) is -0.770. The van der Waals surface area contributed by atoms with Crippen molar-refractivity contribution in [1.82, 2.24) is 16.0 Å². The summed E-state index contributed by atoms with van der Waals surface area (Å²) in [5.41, 5.74) is 11.1. The molecule has 0 bridgehead atoms. The maximum absolute atomic E-state index is 12.9. The van der Waals surface area contributed by atoms with Crippen LogP contribution in [-0.4, -0.2) is 58.9 Å². The number of carbonyl (C=O) groups excluding carboxylic acids is 4. The molecule has 0 radical (unpaired) electrons. The van der Waals surface area contributed by atoms with E-state index in [0.29, 0.717) is 12.8 Å². The molecule has 11 heteroatoms. The third kappa shape index (κ3) is 10.8. The number of carbonyl (C=O) groups is 5. The first-order valence-corrected chi connectivity index (χ1v) is 10.5. The van der Waals surface area contributed by atoms with E-state index in [-0.39, 0.29) is 24.7 Å². The summed E-state index contributed by atoms with van der Waals surface area (Å²) in [4.78, 5) is 60.0. The van der Waals surface area contributed by atoms with Gasteiger partial charge in [-0.2, -0.15) is 0 Å². The largest absolute Gasteiger partial charge is 0.480 e. The average molecular weight is 444 g/mol. The van der Waals surface area contributed by atoms with Crippen molar-refractivity contribution in [2.45, 2.75) is 84.5 Å². The van der Waals surface area contributed by atoms with Gasteiger partial charge in [-0.05, 0) is 31.6 Å². The topological polar surface area (TPSA) is 194 Å². The molecule has 0 saturated carbocycles. The summed E-state index contributed by atoms with van der Waals surface area (Å²) in [5.74, 6) is -3.86. The van der Waals surface area contributed by atoms with E-state index in [1.54, 1.807) is 0 Å². The highest BCUT2D eigenvalue weighted by atomic mass is 16.4. The Balaban J connectivity index is 5.44. The monoisotopic (exact) mass is 443 g/mol. The first-order chi connectivity index (χ1) is 14.3. The highest BCUT2D eigenvalue weighted by Gasteiger charge is 2.30. The average Bonchev–Trinajstić information content (AvgIpc) is 2.68. The van der Waals surface area contributed by atoms with Gasteiger partial charge in [0.1, 0.15) is 18.1 Å². The van der Waals surface area contributed by atoms with Crippen molar-refractivity contribution in [3.8, 4) is 0 Å².